The van der Waals surface area contributed by atoms with Crippen LogP contribution < -0.4 is 0 Å². The van der Waals surface area contributed by atoms with E-state index in [1.54, 1.807) is 6.92 Å². The third-order valence-electron chi connectivity index (χ3n) is 33.0. The molecule has 135 heavy (non-hydrogen) atoms. The number of hydrogen-bond donors (Lipinski definition) is 27. The molecule has 14 fully saturated rings. The van der Waals surface area contributed by atoms with Crippen LogP contribution in [0, 0.1) is 50.2 Å². The van der Waals surface area contributed by atoms with Crippen LogP contribution in [0.15, 0.2) is 11.6 Å². The smallest absolute Gasteiger partial charge is 0.315 e. The molecule has 48 nitrogen and oxygen atoms in total. The lowest BCUT2D eigenvalue weighted by molar-refractivity contribution is -0.405. The Morgan fingerprint density at radius 2 is 0.822 bits per heavy atom. The Labute approximate surface area is 776 Å². The molecule has 5 aliphatic carbocycles. The Morgan fingerprint density at radius 1 is 0.370 bits per heavy atom. The number of rotatable bonds is 25. The van der Waals surface area contributed by atoms with E-state index < -0.39 is 397 Å². The van der Waals surface area contributed by atoms with Crippen LogP contribution in [0.4, 0.5) is 0 Å². The number of aliphatic hydroxyl groups excluding tert-OH is 26. The van der Waals surface area contributed by atoms with E-state index in [0.717, 1.165) is 5.57 Å². The number of hydrogen-bond acceptors (Lipinski definition) is 48. The second-order valence-corrected chi connectivity index (χ2v) is 41.9. The summed E-state index contributed by atoms with van der Waals surface area (Å²) < 4.78 is 122. The Kier molecular flexibility index (Phi) is 32.4. The van der Waals surface area contributed by atoms with Gasteiger partial charge in [-0.1, -0.05) is 53.2 Å². The Balaban J connectivity index is 0.690. The van der Waals surface area contributed by atoms with E-state index >= 15 is 4.79 Å². The molecule has 4 saturated carbocycles. The van der Waals surface area contributed by atoms with Crippen LogP contribution in [0.2, 0.25) is 0 Å². The fraction of sp³-hybridized carbons (Fsp3) is 0.966. The molecule has 0 aromatic carbocycles. The first kappa shape index (κ1) is 107. The molecule has 0 unspecified atom stereocenters. The van der Waals surface area contributed by atoms with Crippen molar-refractivity contribution in [3.8, 4) is 0 Å². The van der Waals surface area contributed by atoms with Crippen LogP contribution in [0.5, 0.6) is 0 Å². The number of ether oxygens (including phenoxy) is 20. The van der Waals surface area contributed by atoms with Crippen molar-refractivity contribution in [2.75, 3.05) is 52.9 Å². The van der Waals surface area contributed by atoms with Crippen molar-refractivity contribution in [3.63, 3.8) is 0 Å². The Morgan fingerprint density at radius 3 is 1.43 bits per heavy atom. The van der Waals surface area contributed by atoms with Gasteiger partial charge in [-0.3, -0.25) is 4.79 Å². The second-order valence-electron chi connectivity index (χ2n) is 41.9. The van der Waals surface area contributed by atoms with Gasteiger partial charge < -0.3 is 233 Å². The maximum absolute atomic E-state index is 16.5. The van der Waals surface area contributed by atoms with Crippen molar-refractivity contribution in [1.82, 2.24) is 0 Å². The maximum atomic E-state index is 16.5. The van der Waals surface area contributed by atoms with E-state index in [-0.39, 0.29) is 25.2 Å². The van der Waals surface area contributed by atoms with Crippen molar-refractivity contribution in [2.45, 2.75) is 421 Å². The quantitative estimate of drug-likeness (QED) is 0.0229. The molecule has 0 spiro atoms. The highest BCUT2D eigenvalue weighted by Gasteiger charge is 2.73. The summed E-state index contributed by atoms with van der Waals surface area (Å²) in [6.45, 7) is 11.6. The molecule has 15 aliphatic rings. The normalized spacial score (nSPS) is 55.8. The average molecular weight is 1960 g/mol. The summed E-state index contributed by atoms with van der Waals surface area (Å²) in [5, 5.41) is 304. The van der Waals surface area contributed by atoms with Gasteiger partial charge in [-0.15, -0.1) is 0 Å². The number of fused-ring (bicyclic) bond motifs is 7. The Hall–Kier alpha value is -2.63. The van der Waals surface area contributed by atoms with E-state index in [4.69, 9.17) is 94.7 Å². The molecular weight excluding hydrogens is 1810 g/mol. The highest BCUT2D eigenvalue weighted by molar-refractivity contribution is 5.79. The SMILES string of the molecule is C[C@@H]1O[C@@H](O[C@H]2[C@H](O)[C@@H](C)O[C@@H](OC(=O)[C@]34CCC(C)(C)C[C@H]3C3=CC[C@@H]5[C@@]6(C)C[C@H](O)[C@H](O[C@@H]7O[C@H](CO)[C@@H](O)[C@H](O[C@@H]8O[C@H](CO)[C@@H](O)[C@H](O[C@@H]9OC[C@](O)(CO)[C@H]9O)[C@H]8O)[C@H]7O)[C@@](C)(CO)[C@@H]6CC[C@@]5(C)[C@]3(C)CC4)[C@@H]2O[C@@H]2O[C@@H](C)[C@H](O[C@@H]3OC[C@@H](O)[C@H](O[C@@H]4O[C@@H](C)[C@H](O)[C@@H](O)[C@H]4O[C@@H]4O[C@H](CO)[C@H](O)[C@H](O)[C@H]4O)[C@H]3O)[C@@H](O[C@@H]3OC[C@@H](O)[C@H](O)[C@H]3O)[C@H]2O)[C@H](O)[C@H](O)[C@H]1O. The summed E-state index contributed by atoms with van der Waals surface area (Å²) >= 11 is 0. The zero-order valence-corrected chi connectivity index (χ0v) is 76.6. The topological polar surface area (TPSA) is 748 Å². The van der Waals surface area contributed by atoms with Crippen molar-refractivity contribution >= 4 is 5.97 Å². The fourth-order valence-corrected chi connectivity index (χ4v) is 24.5. The van der Waals surface area contributed by atoms with Gasteiger partial charge in [0, 0.05) is 5.41 Å². The van der Waals surface area contributed by atoms with E-state index in [2.05, 4.69) is 40.7 Å². The van der Waals surface area contributed by atoms with Crippen molar-refractivity contribution in [3.05, 3.63) is 11.6 Å². The summed E-state index contributed by atoms with van der Waals surface area (Å²) in [5.41, 5.74) is -6.55. The minimum atomic E-state index is -2.28. The molecule has 15 rings (SSSR count). The molecule has 0 aromatic heterocycles. The van der Waals surface area contributed by atoms with Gasteiger partial charge in [0.25, 0.3) is 0 Å². The number of esters is 1. The van der Waals surface area contributed by atoms with Gasteiger partial charge in [0.05, 0.1) is 94.9 Å². The number of carbonyl (C=O) groups is 1. The fourth-order valence-electron chi connectivity index (χ4n) is 24.5. The van der Waals surface area contributed by atoms with Gasteiger partial charge >= 0.3 is 5.97 Å². The van der Waals surface area contributed by atoms with Crippen LogP contribution in [0.1, 0.15) is 127 Å². The molecule has 10 saturated heterocycles. The van der Waals surface area contributed by atoms with Gasteiger partial charge in [0.2, 0.25) is 6.29 Å². The molecule has 10 aliphatic heterocycles. The van der Waals surface area contributed by atoms with Gasteiger partial charge in [-0.2, -0.15) is 0 Å². The van der Waals surface area contributed by atoms with Gasteiger partial charge in [0.15, 0.2) is 62.7 Å². The minimum absolute atomic E-state index is 0.0526. The summed E-state index contributed by atoms with van der Waals surface area (Å²) in [7, 11) is 0. The lowest BCUT2D eigenvalue weighted by Crippen LogP contribution is -2.70. The molecule has 778 valence electrons. The lowest BCUT2D eigenvalue weighted by Gasteiger charge is -2.72. The molecule has 56 atom stereocenters. The van der Waals surface area contributed by atoms with Crippen LogP contribution in [-0.2, 0) is 99.5 Å². The molecule has 48 heteroatoms. The van der Waals surface area contributed by atoms with Gasteiger partial charge in [0.1, 0.15) is 189 Å². The second kappa shape index (κ2) is 41.0. The average Bonchev–Trinajstić information content (AvgIpc) is 0.965. The van der Waals surface area contributed by atoms with Crippen molar-refractivity contribution in [1.29, 1.82) is 0 Å². The number of carbonyl (C=O) groups excluding carboxylic acids is 1. The van der Waals surface area contributed by atoms with E-state index in [1.807, 2.05) is 0 Å². The van der Waals surface area contributed by atoms with Crippen LogP contribution in [0.25, 0.3) is 0 Å². The molecule has 0 radical (unpaired) electrons. The number of aliphatic hydroxyl groups is 27. The summed E-state index contributed by atoms with van der Waals surface area (Å²) in [6.07, 6.45) is -80.9. The highest BCUT2D eigenvalue weighted by atomic mass is 16.8. The summed E-state index contributed by atoms with van der Waals surface area (Å²) in [6, 6.07) is 0. The zero-order chi connectivity index (χ0) is 98.4. The monoisotopic (exact) mass is 1950 g/mol. The maximum Gasteiger partial charge on any atom is 0.315 e. The van der Waals surface area contributed by atoms with Crippen LogP contribution in [-0.4, -0.2) is 491 Å². The Bertz CT molecular complexity index is 3960. The molecule has 10 heterocycles. The highest BCUT2D eigenvalue weighted by Crippen LogP contribution is 2.76. The van der Waals surface area contributed by atoms with E-state index in [1.165, 1.54) is 27.7 Å². The van der Waals surface area contributed by atoms with Gasteiger partial charge in [-0.25, -0.2) is 0 Å². The van der Waals surface area contributed by atoms with E-state index in [9.17, 15) is 138 Å². The molecule has 0 aromatic rings. The van der Waals surface area contributed by atoms with Crippen LogP contribution >= 0.6 is 0 Å². The first-order valence-electron chi connectivity index (χ1n) is 46.8. The molecule has 27 N–H and O–H groups in total. The molecule has 0 amide bonds. The zero-order valence-electron chi connectivity index (χ0n) is 76.6. The first-order valence-corrected chi connectivity index (χ1v) is 46.8. The van der Waals surface area contributed by atoms with Crippen molar-refractivity contribution in [2.24, 2.45) is 50.2 Å². The molecular formula is C87H142O48. The predicted octanol–water partition coefficient (Wildman–Crippen LogP) is -11.1. The summed E-state index contributed by atoms with van der Waals surface area (Å²) in [5.74, 6) is -2.08. The minimum Gasteiger partial charge on any atom is -0.432 e. The lowest BCUT2D eigenvalue weighted by atomic mass is 9.33. The van der Waals surface area contributed by atoms with Gasteiger partial charge in [-0.05, 0) is 125 Å². The first-order chi connectivity index (χ1) is 63.5. The number of allylic oxidation sites excluding steroid dienone is 2. The summed E-state index contributed by atoms with van der Waals surface area (Å²) in [4.78, 5) is 16.5. The molecule has 0 bridgehead atoms. The standard InChI is InChI=1S/C87H142O48/c1-29-43(96)50(103)54(107)72(119-29)131-64-45(98)31(3)121-78(67(64)133-74-59(112)65(130-70-53(106)46(99)36(94)24-116-70)60(32(4)122-74)126-71-56(109)61(37(95)25-117-71)127-77-66(52(105)44(97)30(2)120-77)132-73-55(108)51(104)47(100)38(21-88)123-73)135-80(114)86-17-15-81(5,6)19-34(86)33-11-12-42-82(7)20-35(93)69(83(8,26-91)41(82)13-14-85(42,10)84(33,9)16-18-86)134-76-58(111)62(48(101)40(23-90)125-76)128-75-57(110)63(49(102)39(22-89)124-75)129-79-68(113)87(115,27-92)28-118-79/h11,29-32,34-79,88-113,115H,12-28H2,1-10H3/t29-,30-,31+,32-,34-,35-,36+,37+,38+,39+,40+,41+,42+,43-,44-,45+,46-,47-,48+,49+,50+,51-,52+,53+,54+,55+,56+,57+,58+,59+,60-,61-,62-,63-,64-,65-,66+,67+,68-,69-,70-,71-,72-,73-,74-,75-,76-,77-,78-,79-,82-,83-,84+,85+,86-,87+/m0/s1. The van der Waals surface area contributed by atoms with Crippen molar-refractivity contribution < 1.29 is 237 Å². The van der Waals surface area contributed by atoms with E-state index in [0.29, 0.717) is 38.5 Å². The third kappa shape index (κ3) is 19.1. The largest absolute Gasteiger partial charge is 0.432 e. The third-order valence-corrected chi connectivity index (χ3v) is 33.0. The van der Waals surface area contributed by atoms with Crippen LogP contribution in [0.3, 0.4) is 0 Å². The predicted molar refractivity (Wildman–Crippen MR) is 438 cm³/mol.